The molecule has 0 bridgehead atoms. The Hall–Kier alpha value is -3.67. The third kappa shape index (κ3) is 3.24. The summed E-state index contributed by atoms with van der Waals surface area (Å²) >= 11 is 0. The highest BCUT2D eigenvalue weighted by Gasteiger charge is 2.37. The molecule has 0 N–H and O–H groups in total. The normalized spacial score (nSPS) is 17.5. The van der Waals surface area contributed by atoms with Crippen molar-refractivity contribution in [2.24, 2.45) is 0 Å². The van der Waals surface area contributed by atoms with E-state index in [1.165, 1.54) is 17.4 Å². The quantitative estimate of drug-likeness (QED) is 0.599. The standard InChI is InChI=1S/C25H22N2O4/c1-26(22-10-4-7-16-6-2-3-9-19(16)22)23(28)17-11-12-20-21(14-17)25(30)27(24(20)29)15-18-8-5-13-31-18/h2-3,5-6,8-9,11-14,22H,4,7,10,15H2,1H3/t22-/m0/s1. The smallest absolute Gasteiger partial charge is 0.261 e. The van der Waals surface area contributed by atoms with Crippen molar-refractivity contribution >= 4 is 17.7 Å². The minimum absolute atomic E-state index is 0.00140. The van der Waals surface area contributed by atoms with Gasteiger partial charge in [-0.1, -0.05) is 24.3 Å². The van der Waals surface area contributed by atoms with Crippen molar-refractivity contribution in [3.05, 3.63) is 94.4 Å². The summed E-state index contributed by atoms with van der Waals surface area (Å²) in [4.78, 5) is 41.8. The fourth-order valence-corrected chi connectivity index (χ4v) is 4.60. The first kappa shape index (κ1) is 19.3. The molecule has 0 fully saturated rings. The second-order valence-corrected chi connectivity index (χ2v) is 8.06. The Morgan fingerprint density at radius 2 is 1.87 bits per heavy atom. The summed E-state index contributed by atoms with van der Waals surface area (Å²) in [6.07, 6.45) is 4.45. The van der Waals surface area contributed by atoms with E-state index in [0.717, 1.165) is 24.2 Å². The Labute approximate surface area is 180 Å². The van der Waals surface area contributed by atoms with Crippen LogP contribution in [-0.4, -0.2) is 34.6 Å². The molecule has 1 aliphatic heterocycles. The first-order valence-electron chi connectivity index (χ1n) is 10.4. The number of imide groups is 1. The summed E-state index contributed by atoms with van der Waals surface area (Å²) in [5.41, 5.74) is 3.45. The predicted molar refractivity (Wildman–Crippen MR) is 114 cm³/mol. The third-order valence-corrected chi connectivity index (χ3v) is 6.24. The monoisotopic (exact) mass is 414 g/mol. The Bertz CT molecular complexity index is 1180. The molecule has 6 nitrogen and oxygen atoms in total. The van der Waals surface area contributed by atoms with Crippen LogP contribution in [0.1, 0.15) is 66.8 Å². The van der Waals surface area contributed by atoms with Gasteiger partial charge < -0.3 is 9.32 Å². The molecule has 3 amide bonds. The number of carbonyl (C=O) groups is 3. The van der Waals surface area contributed by atoms with Crippen LogP contribution in [0, 0.1) is 0 Å². The lowest BCUT2D eigenvalue weighted by Crippen LogP contribution is -2.33. The van der Waals surface area contributed by atoms with Gasteiger partial charge in [0, 0.05) is 12.6 Å². The molecule has 0 saturated heterocycles. The second kappa shape index (κ2) is 7.54. The van der Waals surface area contributed by atoms with E-state index >= 15 is 0 Å². The number of carbonyl (C=O) groups excluding carboxylic acids is 3. The number of hydrogen-bond donors (Lipinski definition) is 0. The van der Waals surface area contributed by atoms with Gasteiger partial charge in [-0.05, 0) is 60.7 Å². The van der Waals surface area contributed by atoms with E-state index in [2.05, 4.69) is 12.1 Å². The lowest BCUT2D eigenvalue weighted by atomic mass is 9.86. The van der Waals surface area contributed by atoms with Crippen LogP contribution in [0.25, 0.3) is 0 Å². The van der Waals surface area contributed by atoms with Crippen LogP contribution in [0.2, 0.25) is 0 Å². The van der Waals surface area contributed by atoms with E-state index in [1.54, 1.807) is 42.3 Å². The molecule has 156 valence electrons. The number of aryl methyl sites for hydroxylation is 1. The molecule has 2 aromatic carbocycles. The Kier molecular flexibility index (Phi) is 4.70. The summed E-state index contributed by atoms with van der Waals surface area (Å²) in [5, 5.41) is 0. The zero-order valence-corrected chi connectivity index (χ0v) is 17.2. The summed E-state index contributed by atoms with van der Waals surface area (Å²) in [6.45, 7) is 0.0708. The van der Waals surface area contributed by atoms with Gasteiger partial charge in [-0.3, -0.25) is 19.3 Å². The molecule has 0 unspecified atom stereocenters. The molecule has 5 rings (SSSR count). The Balaban J connectivity index is 1.41. The molecule has 1 atom stereocenters. The van der Waals surface area contributed by atoms with E-state index in [-0.39, 0.29) is 30.0 Å². The fourth-order valence-electron chi connectivity index (χ4n) is 4.60. The summed E-state index contributed by atoms with van der Waals surface area (Å²) in [7, 11) is 1.80. The molecule has 1 aliphatic carbocycles. The van der Waals surface area contributed by atoms with Crippen LogP contribution in [0.4, 0.5) is 0 Å². The van der Waals surface area contributed by atoms with Crippen LogP contribution in [-0.2, 0) is 13.0 Å². The highest BCUT2D eigenvalue weighted by atomic mass is 16.3. The summed E-state index contributed by atoms with van der Waals surface area (Å²) in [5.74, 6) is -0.405. The Morgan fingerprint density at radius 1 is 1.06 bits per heavy atom. The first-order chi connectivity index (χ1) is 15.0. The van der Waals surface area contributed by atoms with Gasteiger partial charge >= 0.3 is 0 Å². The molecule has 0 spiro atoms. The van der Waals surface area contributed by atoms with Crippen molar-refractivity contribution < 1.29 is 18.8 Å². The van der Waals surface area contributed by atoms with Crippen molar-refractivity contribution in [2.45, 2.75) is 31.8 Å². The lowest BCUT2D eigenvalue weighted by Gasteiger charge is -2.33. The number of rotatable bonds is 4. The Morgan fingerprint density at radius 3 is 2.68 bits per heavy atom. The van der Waals surface area contributed by atoms with Gasteiger partial charge in [-0.15, -0.1) is 0 Å². The van der Waals surface area contributed by atoms with Crippen LogP contribution in [0.5, 0.6) is 0 Å². The average Bonchev–Trinajstić information content (AvgIpc) is 3.40. The van der Waals surface area contributed by atoms with E-state index in [9.17, 15) is 14.4 Å². The maximum Gasteiger partial charge on any atom is 0.261 e. The van der Waals surface area contributed by atoms with Gasteiger partial charge in [-0.25, -0.2) is 0 Å². The summed E-state index contributed by atoms with van der Waals surface area (Å²) in [6, 6.07) is 16.4. The summed E-state index contributed by atoms with van der Waals surface area (Å²) < 4.78 is 5.27. The van der Waals surface area contributed by atoms with Crippen LogP contribution >= 0.6 is 0 Å². The maximum atomic E-state index is 13.3. The minimum atomic E-state index is -0.406. The first-order valence-corrected chi connectivity index (χ1v) is 10.4. The van der Waals surface area contributed by atoms with Crippen LogP contribution < -0.4 is 0 Å². The van der Waals surface area contributed by atoms with Gasteiger partial charge in [0.1, 0.15) is 5.76 Å². The van der Waals surface area contributed by atoms with Crippen molar-refractivity contribution in [3.8, 4) is 0 Å². The molecule has 3 aromatic rings. The van der Waals surface area contributed by atoms with Gasteiger partial charge in [-0.2, -0.15) is 0 Å². The number of nitrogens with zero attached hydrogens (tertiary/aromatic N) is 2. The number of amides is 3. The van der Waals surface area contributed by atoms with Crippen LogP contribution in [0.15, 0.2) is 65.3 Å². The zero-order chi connectivity index (χ0) is 21.5. The molecule has 0 radical (unpaired) electrons. The number of hydrogen-bond acceptors (Lipinski definition) is 4. The molecule has 1 aromatic heterocycles. The lowest BCUT2D eigenvalue weighted by molar-refractivity contribution is 0.0631. The van der Waals surface area contributed by atoms with Crippen molar-refractivity contribution in [1.82, 2.24) is 9.80 Å². The molecule has 2 heterocycles. The van der Waals surface area contributed by atoms with E-state index in [4.69, 9.17) is 4.42 Å². The highest BCUT2D eigenvalue weighted by Crippen LogP contribution is 2.34. The largest absolute Gasteiger partial charge is 0.467 e. The molecule has 2 aliphatic rings. The highest BCUT2D eigenvalue weighted by molar-refractivity contribution is 6.22. The average molecular weight is 414 g/mol. The topological polar surface area (TPSA) is 70.8 Å². The second-order valence-electron chi connectivity index (χ2n) is 8.06. The number of benzene rings is 2. The van der Waals surface area contributed by atoms with Gasteiger partial charge in [0.2, 0.25) is 0 Å². The number of fused-ring (bicyclic) bond motifs is 2. The third-order valence-electron chi connectivity index (χ3n) is 6.24. The maximum absolute atomic E-state index is 13.3. The van der Waals surface area contributed by atoms with Crippen LogP contribution in [0.3, 0.4) is 0 Å². The fraction of sp³-hybridized carbons (Fsp3) is 0.240. The molecule has 0 saturated carbocycles. The molecular formula is C25H22N2O4. The predicted octanol–water partition coefficient (Wildman–Crippen LogP) is 4.23. The number of furan rings is 1. The SMILES string of the molecule is CN(C(=O)c1ccc2c(c1)C(=O)N(Cc1ccco1)C2=O)[C@H]1CCCc2ccccc21. The molecule has 31 heavy (non-hydrogen) atoms. The van der Waals surface area contributed by atoms with E-state index < -0.39 is 5.91 Å². The molecular weight excluding hydrogens is 392 g/mol. The van der Waals surface area contributed by atoms with Gasteiger partial charge in [0.15, 0.2) is 0 Å². The van der Waals surface area contributed by atoms with E-state index in [1.807, 2.05) is 12.1 Å². The van der Waals surface area contributed by atoms with Crippen molar-refractivity contribution in [1.29, 1.82) is 0 Å². The minimum Gasteiger partial charge on any atom is -0.467 e. The molecule has 6 heteroatoms. The van der Waals surface area contributed by atoms with Gasteiger partial charge in [0.05, 0.1) is 30.0 Å². The van der Waals surface area contributed by atoms with Crippen molar-refractivity contribution in [2.75, 3.05) is 7.05 Å². The van der Waals surface area contributed by atoms with Crippen molar-refractivity contribution in [3.63, 3.8) is 0 Å². The zero-order valence-electron chi connectivity index (χ0n) is 17.2. The van der Waals surface area contributed by atoms with Gasteiger partial charge in [0.25, 0.3) is 17.7 Å². The van der Waals surface area contributed by atoms with E-state index in [0.29, 0.717) is 16.9 Å².